The maximum atomic E-state index is 13.1. The van der Waals surface area contributed by atoms with Crippen LogP contribution in [0.4, 0.5) is 15.8 Å². The molecule has 0 fully saturated rings. The Morgan fingerprint density at radius 1 is 1.20 bits per heavy atom. The van der Waals surface area contributed by atoms with Crippen LogP contribution in [0.3, 0.4) is 0 Å². The average Bonchev–Trinajstić information content (AvgIpc) is 2.80. The highest BCUT2D eigenvalue weighted by atomic mass is 35.5. The van der Waals surface area contributed by atoms with Crippen molar-refractivity contribution >= 4 is 40.7 Å². The molecule has 0 saturated carbocycles. The van der Waals surface area contributed by atoms with Crippen LogP contribution in [0.5, 0.6) is 0 Å². The van der Waals surface area contributed by atoms with Gasteiger partial charge in [-0.15, -0.1) is 0 Å². The Kier molecular flexibility index (Phi) is 5.98. The number of hydrogen-bond donors (Lipinski definition) is 3. The van der Waals surface area contributed by atoms with E-state index in [4.69, 9.17) is 11.6 Å². The predicted octanol–water partition coefficient (Wildman–Crippen LogP) is 2.56. The minimum absolute atomic E-state index is 0.172. The molecule has 1 atom stereocenters. The van der Waals surface area contributed by atoms with Gasteiger partial charge in [0, 0.05) is 24.2 Å². The number of hydrogen-bond acceptors (Lipinski definition) is 4. The Balaban J connectivity index is 1.70. The van der Waals surface area contributed by atoms with Crippen molar-refractivity contribution in [1.29, 1.82) is 0 Å². The van der Waals surface area contributed by atoms with Crippen molar-refractivity contribution in [2.45, 2.75) is 25.4 Å². The number of nitrogens with one attached hydrogen (secondary N) is 3. The van der Waals surface area contributed by atoms with Crippen LogP contribution in [-0.2, 0) is 9.59 Å². The highest BCUT2D eigenvalue weighted by Gasteiger charge is 2.35. The van der Waals surface area contributed by atoms with E-state index >= 15 is 0 Å². The lowest BCUT2D eigenvalue weighted by Crippen LogP contribution is -2.60. The van der Waals surface area contributed by atoms with Gasteiger partial charge in [-0.2, -0.15) is 0 Å². The molecule has 2 aromatic carbocycles. The quantitative estimate of drug-likeness (QED) is 0.692. The van der Waals surface area contributed by atoms with Gasteiger partial charge in [0.2, 0.25) is 5.91 Å². The smallest absolute Gasteiger partial charge is 0.252 e. The molecule has 0 aliphatic carbocycles. The molecular weight excluding hydrogens is 411 g/mol. The number of benzene rings is 2. The summed E-state index contributed by atoms with van der Waals surface area (Å²) in [7, 11) is 1.60. The van der Waals surface area contributed by atoms with Gasteiger partial charge in [0.05, 0.1) is 11.4 Å². The molecule has 7 nitrogen and oxygen atoms in total. The average molecular weight is 433 g/mol. The Hall–Kier alpha value is -3.13. The van der Waals surface area contributed by atoms with E-state index in [1.807, 2.05) is 0 Å². The van der Waals surface area contributed by atoms with Crippen molar-refractivity contribution in [3.8, 4) is 0 Å². The number of likely N-dealkylation sites (N-methyl/N-ethyl adjacent to an activating group) is 1. The second-order valence-electron chi connectivity index (χ2n) is 7.55. The van der Waals surface area contributed by atoms with Crippen molar-refractivity contribution < 1.29 is 18.8 Å². The van der Waals surface area contributed by atoms with Gasteiger partial charge in [0.25, 0.3) is 11.8 Å². The second-order valence-corrected chi connectivity index (χ2v) is 7.99. The van der Waals surface area contributed by atoms with E-state index in [0.717, 1.165) is 17.8 Å². The highest BCUT2D eigenvalue weighted by molar-refractivity contribution is 6.31. The fourth-order valence-corrected chi connectivity index (χ4v) is 3.22. The van der Waals surface area contributed by atoms with E-state index in [2.05, 4.69) is 16.0 Å². The Morgan fingerprint density at radius 3 is 2.53 bits per heavy atom. The van der Waals surface area contributed by atoms with Gasteiger partial charge >= 0.3 is 0 Å². The lowest BCUT2D eigenvalue weighted by Gasteiger charge is -2.28. The van der Waals surface area contributed by atoms with Crippen molar-refractivity contribution in [2.75, 3.05) is 23.8 Å². The summed E-state index contributed by atoms with van der Waals surface area (Å²) in [5, 5.41) is 8.93. The molecule has 1 aliphatic rings. The summed E-state index contributed by atoms with van der Waals surface area (Å²) >= 11 is 6.03. The molecule has 2 aromatic rings. The summed E-state index contributed by atoms with van der Waals surface area (Å²) in [6.45, 7) is 3.22. The summed E-state index contributed by atoms with van der Waals surface area (Å²) in [5.74, 6) is -1.85. The number of amides is 3. The minimum Gasteiger partial charge on any atom is -0.381 e. The van der Waals surface area contributed by atoms with Crippen LogP contribution in [0.2, 0.25) is 5.02 Å². The Morgan fingerprint density at radius 2 is 1.87 bits per heavy atom. The van der Waals surface area contributed by atoms with Gasteiger partial charge in [0.15, 0.2) is 0 Å². The highest BCUT2D eigenvalue weighted by Crippen LogP contribution is 2.30. The molecule has 0 unspecified atom stereocenters. The van der Waals surface area contributed by atoms with E-state index in [1.165, 1.54) is 30.9 Å². The van der Waals surface area contributed by atoms with Crippen LogP contribution in [0.1, 0.15) is 24.2 Å². The third kappa shape index (κ3) is 4.54. The zero-order valence-electron chi connectivity index (χ0n) is 16.8. The Labute approximate surface area is 178 Å². The zero-order valence-corrected chi connectivity index (χ0v) is 17.5. The van der Waals surface area contributed by atoms with Crippen molar-refractivity contribution in [1.82, 2.24) is 10.6 Å². The van der Waals surface area contributed by atoms with Crippen LogP contribution in [0.25, 0.3) is 0 Å². The van der Waals surface area contributed by atoms with Crippen molar-refractivity contribution in [3.05, 3.63) is 58.9 Å². The third-order valence-electron chi connectivity index (χ3n) is 4.85. The SMILES string of the molecule is CN1C(=O)[C@H](NC(=O)C(C)(C)NC(=O)c2ccc(F)cc2)CNc2ccc(Cl)cc21. The zero-order chi connectivity index (χ0) is 22.1. The molecule has 0 aromatic heterocycles. The Bertz CT molecular complexity index is 994. The largest absolute Gasteiger partial charge is 0.381 e. The summed E-state index contributed by atoms with van der Waals surface area (Å²) in [6.07, 6.45) is 0. The van der Waals surface area contributed by atoms with E-state index in [0.29, 0.717) is 10.7 Å². The maximum absolute atomic E-state index is 13.1. The summed E-state index contributed by atoms with van der Waals surface area (Å²) in [6, 6.07) is 9.27. The fourth-order valence-electron chi connectivity index (χ4n) is 3.05. The molecule has 3 N–H and O–H groups in total. The van der Waals surface area contributed by atoms with Crippen molar-refractivity contribution in [2.24, 2.45) is 0 Å². The fraction of sp³-hybridized carbons (Fsp3) is 0.286. The van der Waals surface area contributed by atoms with Gasteiger partial charge in [-0.25, -0.2) is 4.39 Å². The summed E-state index contributed by atoms with van der Waals surface area (Å²) in [5.41, 5.74) is 0.229. The first kappa shape index (κ1) is 21.6. The van der Waals surface area contributed by atoms with Crippen molar-refractivity contribution in [3.63, 3.8) is 0 Å². The monoisotopic (exact) mass is 432 g/mol. The van der Waals surface area contributed by atoms with Gasteiger partial charge in [0.1, 0.15) is 17.4 Å². The van der Waals surface area contributed by atoms with Crippen LogP contribution in [-0.4, -0.2) is 42.9 Å². The number of anilines is 2. The number of halogens is 2. The topological polar surface area (TPSA) is 90.5 Å². The lowest BCUT2D eigenvalue weighted by molar-refractivity contribution is -0.130. The third-order valence-corrected chi connectivity index (χ3v) is 5.09. The van der Waals surface area contributed by atoms with Crippen LogP contribution >= 0.6 is 11.6 Å². The van der Waals surface area contributed by atoms with E-state index < -0.39 is 29.2 Å². The molecule has 1 heterocycles. The molecule has 1 aliphatic heterocycles. The molecule has 0 spiro atoms. The van der Waals surface area contributed by atoms with Gasteiger partial charge < -0.3 is 20.9 Å². The first-order valence-electron chi connectivity index (χ1n) is 9.28. The van der Waals surface area contributed by atoms with Crippen LogP contribution < -0.4 is 20.9 Å². The molecule has 0 saturated heterocycles. The predicted molar refractivity (Wildman–Crippen MR) is 113 cm³/mol. The van der Waals surface area contributed by atoms with Crippen LogP contribution in [0.15, 0.2) is 42.5 Å². The normalized spacial score (nSPS) is 16.2. The molecule has 3 rings (SSSR count). The van der Waals surface area contributed by atoms with E-state index in [1.54, 1.807) is 25.2 Å². The number of carbonyl (C=O) groups is 3. The van der Waals surface area contributed by atoms with E-state index in [-0.39, 0.29) is 18.0 Å². The molecule has 0 radical (unpaired) electrons. The lowest BCUT2D eigenvalue weighted by atomic mass is 10.0. The van der Waals surface area contributed by atoms with E-state index in [9.17, 15) is 18.8 Å². The molecule has 9 heteroatoms. The number of nitrogens with zero attached hydrogens (tertiary/aromatic N) is 1. The summed E-state index contributed by atoms with van der Waals surface area (Å²) < 4.78 is 13.1. The minimum atomic E-state index is -1.31. The molecular formula is C21H22ClFN4O3. The molecule has 0 bridgehead atoms. The van der Waals surface area contributed by atoms with Gasteiger partial charge in [-0.3, -0.25) is 14.4 Å². The second kappa shape index (κ2) is 8.31. The maximum Gasteiger partial charge on any atom is 0.252 e. The molecule has 158 valence electrons. The summed E-state index contributed by atoms with van der Waals surface area (Å²) in [4.78, 5) is 39.5. The van der Waals surface area contributed by atoms with Gasteiger partial charge in [-0.1, -0.05) is 11.6 Å². The first-order chi connectivity index (χ1) is 14.1. The standard InChI is InChI=1S/C21H22ClFN4O3/c1-21(2,26-18(28)12-4-7-14(23)8-5-12)20(30)25-16-11-24-15-9-6-13(22)10-17(15)27(3)19(16)29/h4-10,16,24H,11H2,1-3H3,(H,25,30)(H,26,28)/t16-/m1/s1. The van der Waals surface area contributed by atoms with Crippen LogP contribution in [0, 0.1) is 5.82 Å². The first-order valence-corrected chi connectivity index (χ1v) is 9.66. The number of fused-ring (bicyclic) bond motifs is 1. The van der Waals surface area contributed by atoms with Gasteiger partial charge in [-0.05, 0) is 56.3 Å². The number of rotatable bonds is 4. The molecule has 30 heavy (non-hydrogen) atoms. The number of carbonyl (C=O) groups excluding carboxylic acids is 3. The molecule has 3 amide bonds.